The minimum atomic E-state index is -0.0869. The van der Waals surface area contributed by atoms with Gasteiger partial charge in [-0.3, -0.25) is 0 Å². The van der Waals surface area contributed by atoms with Crippen LogP contribution in [0.1, 0.15) is 24.3 Å². The van der Waals surface area contributed by atoms with Gasteiger partial charge in [-0.2, -0.15) is 0 Å². The largest absolute Gasteiger partial charge is 0.474 e. The van der Waals surface area contributed by atoms with Crippen LogP contribution in [0.2, 0.25) is 0 Å². The minimum absolute atomic E-state index is 0.0869. The molecule has 90 valence electrons. The van der Waals surface area contributed by atoms with Gasteiger partial charge in [-0.15, -0.1) is 22.7 Å². The van der Waals surface area contributed by atoms with Gasteiger partial charge in [0.05, 0.1) is 15.1 Å². The molecule has 1 aliphatic rings. The van der Waals surface area contributed by atoms with Crippen molar-refractivity contribution in [2.75, 3.05) is 6.61 Å². The third-order valence-corrected chi connectivity index (χ3v) is 6.48. The number of nitrogens with zero attached hydrogens (tertiary/aromatic N) is 1. The molecule has 0 atom stereocenters. The maximum Gasteiger partial charge on any atom is 0.227 e. The fraction of sp³-hybridized carbons (Fsp3) is 0.417. The first-order chi connectivity index (χ1) is 7.98. The van der Waals surface area contributed by atoms with Gasteiger partial charge in [-0.1, -0.05) is 0 Å². The monoisotopic (exact) mass is 329 g/mol. The maximum absolute atomic E-state index is 5.72. The lowest BCUT2D eigenvalue weighted by molar-refractivity contribution is 0.280. The summed E-state index contributed by atoms with van der Waals surface area (Å²) in [5.74, 6) is 0.813. The number of halogens is 1. The summed E-state index contributed by atoms with van der Waals surface area (Å²) < 4.78 is 9.54. The van der Waals surface area contributed by atoms with Crippen LogP contribution in [0.5, 0.6) is 0 Å². The molecule has 3 heterocycles. The predicted octanol–water partition coefficient (Wildman–Crippen LogP) is 4.59. The van der Waals surface area contributed by atoms with Gasteiger partial charge in [0.2, 0.25) is 5.90 Å². The zero-order valence-electron chi connectivity index (χ0n) is 9.83. The van der Waals surface area contributed by atoms with Crippen LogP contribution in [0.15, 0.2) is 14.8 Å². The summed E-state index contributed by atoms with van der Waals surface area (Å²) in [5.41, 5.74) is 1.20. The average Bonchev–Trinajstić information content (AvgIpc) is 2.86. The summed E-state index contributed by atoms with van der Waals surface area (Å²) in [6.45, 7) is 7.02. The Labute approximate surface area is 116 Å². The zero-order valence-corrected chi connectivity index (χ0v) is 13.1. The molecule has 0 saturated heterocycles. The molecule has 0 saturated carbocycles. The van der Waals surface area contributed by atoms with Gasteiger partial charge in [0.1, 0.15) is 6.61 Å². The third kappa shape index (κ3) is 1.84. The smallest absolute Gasteiger partial charge is 0.227 e. The van der Waals surface area contributed by atoms with Crippen molar-refractivity contribution in [2.24, 2.45) is 4.99 Å². The van der Waals surface area contributed by atoms with E-state index in [0.717, 1.165) is 5.90 Å². The van der Waals surface area contributed by atoms with E-state index in [1.165, 1.54) is 24.3 Å². The number of aliphatic imine (C=N–C) groups is 1. The van der Waals surface area contributed by atoms with E-state index in [0.29, 0.717) is 6.61 Å². The lowest BCUT2D eigenvalue weighted by atomic mass is 10.1. The number of rotatable bonds is 1. The van der Waals surface area contributed by atoms with Crippen LogP contribution in [0.3, 0.4) is 0 Å². The minimum Gasteiger partial charge on any atom is -0.474 e. The Balaban J connectivity index is 2.16. The van der Waals surface area contributed by atoms with Crippen molar-refractivity contribution in [3.63, 3.8) is 0 Å². The van der Waals surface area contributed by atoms with Gasteiger partial charge in [0.25, 0.3) is 0 Å². The highest BCUT2D eigenvalue weighted by molar-refractivity contribution is 9.10. The normalized spacial score (nSPS) is 18.5. The molecule has 0 aliphatic carbocycles. The summed E-state index contributed by atoms with van der Waals surface area (Å²) in [6.07, 6.45) is 0. The second-order valence-corrected chi connectivity index (χ2v) is 7.57. The topological polar surface area (TPSA) is 21.6 Å². The Bertz CT molecular complexity index is 624. The SMILES string of the molecule is Cc1c(C2=NC(C)(C)CO2)sc2c(Br)csc12. The van der Waals surface area contributed by atoms with Crippen molar-refractivity contribution >= 4 is 53.9 Å². The Morgan fingerprint density at radius 2 is 2.18 bits per heavy atom. The molecule has 2 nitrogen and oxygen atoms in total. The summed E-state index contributed by atoms with van der Waals surface area (Å²) >= 11 is 7.12. The number of ether oxygens (including phenoxy) is 1. The number of hydrogen-bond acceptors (Lipinski definition) is 4. The fourth-order valence-electron chi connectivity index (χ4n) is 1.87. The Kier molecular flexibility index (Phi) is 2.61. The maximum atomic E-state index is 5.72. The molecule has 0 amide bonds. The fourth-order valence-corrected chi connectivity index (χ4v) is 5.02. The summed E-state index contributed by atoms with van der Waals surface area (Å²) in [4.78, 5) is 5.83. The van der Waals surface area contributed by atoms with Gasteiger partial charge in [-0.05, 0) is 42.3 Å². The Hall–Kier alpha value is -0.390. The van der Waals surface area contributed by atoms with Crippen LogP contribution in [-0.2, 0) is 4.74 Å². The molecule has 0 N–H and O–H groups in total. The van der Waals surface area contributed by atoms with E-state index in [4.69, 9.17) is 4.74 Å². The molecule has 1 aliphatic heterocycles. The molecule has 0 unspecified atom stereocenters. The highest BCUT2D eigenvalue weighted by atomic mass is 79.9. The van der Waals surface area contributed by atoms with Gasteiger partial charge in [-0.25, -0.2) is 4.99 Å². The molecule has 0 bridgehead atoms. The molecular weight excluding hydrogens is 318 g/mol. The van der Waals surface area contributed by atoms with Crippen LogP contribution >= 0.6 is 38.6 Å². The van der Waals surface area contributed by atoms with Crippen LogP contribution in [0.4, 0.5) is 0 Å². The first-order valence-electron chi connectivity index (χ1n) is 5.37. The molecule has 0 fully saturated rings. The zero-order chi connectivity index (χ0) is 12.2. The van der Waals surface area contributed by atoms with Crippen LogP contribution in [-0.4, -0.2) is 18.0 Å². The van der Waals surface area contributed by atoms with E-state index in [-0.39, 0.29) is 5.54 Å². The van der Waals surface area contributed by atoms with Crippen LogP contribution in [0, 0.1) is 6.92 Å². The highest BCUT2D eigenvalue weighted by Gasteiger charge is 2.29. The number of hydrogen-bond donors (Lipinski definition) is 0. The van der Waals surface area contributed by atoms with Gasteiger partial charge < -0.3 is 4.74 Å². The Morgan fingerprint density at radius 1 is 1.41 bits per heavy atom. The summed E-state index contributed by atoms with van der Waals surface area (Å²) in [5, 5.41) is 2.14. The van der Waals surface area contributed by atoms with E-state index in [1.54, 1.807) is 22.7 Å². The third-order valence-electron chi connectivity index (χ3n) is 2.75. The second-order valence-electron chi connectivity index (χ2n) is 4.82. The molecule has 0 radical (unpaired) electrons. The van der Waals surface area contributed by atoms with E-state index in [1.807, 2.05) is 0 Å². The molecule has 2 aromatic rings. The van der Waals surface area contributed by atoms with E-state index < -0.39 is 0 Å². The molecule has 2 aromatic heterocycles. The Morgan fingerprint density at radius 3 is 2.76 bits per heavy atom. The summed E-state index contributed by atoms with van der Waals surface area (Å²) in [6, 6.07) is 0. The molecule has 0 spiro atoms. The first kappa shape index (κ1) is 11.7. The van der Waals surface area contributed by atoms with Crippen LogP contribution < -0.4 is 0 Å². The lowest BCUT2D eigenvalue weighted by Gasteiger charge is -2.07. The first-order valence-corrected chi connectivity index (χ1v) is 7.86. The van der Waals surface area contributed by atoms with E-state index >= 15 is 0 Å². The van der Waals surface area contributed by atoms with Crippen molar-refractivity contribution in [2.45, 2.75) is 26.3 Å². The predicted molar refractivity (Wildman–Crippen MR) is 78.7 cm³/mol. The molecule has 0 aromatic carbocycles. The molecule has 17 heavy (non-hydrogen) atoms. The number of aryl methyl sites for hydroxylation is 1. The number of fused-ring (bicyclic) bond motifs is 1. The lowest BCUT2D eigenvalue weighted by Crippen LogP contribution is -2.17. The second kappa shape index (κ2) is 3.80. The molecular formula is C12H12BrNOS2. The van der Waals surface area contributed by atoms with Crippen molar-refractivity contribution in [1.82, 2.24) is 0 Å². The van der Waals surface area contributed by atoms with Crippen molar-refractivity contribution in [3.8, 4) is 0 Å². The van der Waals surface area contributed by atoms with Crippen molar-refractivity contribution < 1.29 is 4.74 Å². The average molecular weight is 330 g/mol. The van der Waals surface area contributed by atoms with E-state index in [9.17, 15) is 0 Å². The van der Waals surface area contributed by atoms with Gasteiger partial charge in [0.15, 0.2) is 0 Å². The van der Waals surface area contributed by atoms with Crippen molar-refractivity contribution in [1.29, 1.82) is 0 Å². The molecule has 5 heteroatoms. The van der Waals surface area contributed by atoms with Gasteiger partial charge >= 0.3 is 0 Å². The quantitative estimate of drug-likeness (QED) is 0.749. The standard InChI is InChI=1S/C12H12BrNOS2/c1-6-8-10(7(13)4-16-8)17-9(6)11-14-12(2,3)5-15-11/h4H,5H2,1-3H3. The van der Waals surface area contributed by atoms with Crippen molar-refractivity contribution in [3.05, 3.63) is 20.3 Å². The summed E-state index contributed by atoms with van der Waals surface area (Å²) in [7, 11) is 0. The highest BCUT2D eigenvalue weighted by Crippen LogP contribution is 2.41. The van der Waals surface area contributed by atoms with E-state index in [2.05, 4.69) is 47.1 Å². The van der Waals surface area contributed by atoms with Gasteiger partial charge in [0, 0.05) is 14.6 Å². The number of thiophene rings is 2. The molecule has 3 rings (SSSR count). The van der Waals surface area contributed by atoms with Crippen LogP contribution in [0.25, 0.3) is 9.40 Å².